The summed E-state index contributed by atoms with van der Waals surface area (Å²) < 4.78 is 0. The second kappa shape index (κ2) is 9.69. The summed E-state index contributed by atoms with van der Waals surface area (Å²) in [6.45, 7) is 2.04. The molecule has 1 saturated carbocycles. The van der Waals surface area contributed by atoms with Crippen LogP contribution in [0.25, 0.3) is 0 Å². The third-order valence-corrected chi connectivity index (χ3v) is 2.40. The molecule has 1 aliphatic carbocycles. The number of carbonyl (C=O) groups excluding carboxylic acids is 2. The molecule has 0 aromatic heterocycles. The molecule has 0 amide bonds. The number of unbranched alkanes of at least 4 members (excludes halogenated alkanes) is 2. The highest BCUT2D eigenvalue weighted by Gasteiger charge is 2.05. The maximum atomic E-state index is 10.5. The third kappa shape index (κ3) is 11.1. The maximum Gasteiger partial charge on any atom is 0.132 e. The van der Waals surface area contributed by atoms with E-state index in [0.29, 0.717) is 5.78 Å². The lowest BCUT2D eigenvalue weighted by Gasteiger charge is -2.05. The van der Waals surface area contributed by atoms with Gasteiger partial charge in [-0.3, -0.25) is 4.79 Å². The SMILES string of the molecule is CCCCCC(=O)[O-].O=C1CCCCC1. The maximum absolute atomic E-state index is 10.5. The Morgan fingerprint density at radius 3 is 2.13 bits per heavy atom. The Hall–Kier alpha value is -0.860. The summed E-state index contributed by atoms with van der Waals surface area (Å²) in [5, 5.41) is 9.76. The van der Waals surface area contributed by atoms with Crippen molar-refractivity contribution in [2.45, 2.75) is 64.7 Å². The van der Waals surface area contributed by atoms with Crippen LogP contribution in [-0.4, -0.2) is 11.8 Å². The van der Waals surface area contributed by atoms with Crippen LogP contribution in [0.2, 0.25) is 0 Å². The molecule has 0 aliphatic heterocycles. The van der Waals surface area contributed by atoms with E-state index in [0.717, 1.165) is 44.9 Å². The van der Waals surface area contributed by atoms with Crippen LogP contribution in [0, 0.1) is 0 Å². The minimum atomic E-state index is -0.932. The predicted octanol–water partition coefficient (Wildman–Crippen LogP) is 1.84. The molecule has 0 N–H and O–H groups in total. The van der Waals surface area contributed by atoms with Crippen molar-refractivity contribution in [3.05, 3.63) is 0 Å². The molecule has 0 unspecified atom stereocenters. The molecule has 3 heteroatoms. The van der Waals surface area contributed by atoms with Crippen molar-refractivity contribution in [2.24, 2.45) is 0 Å². The first-order valence-corrected chi connectivity index (χ1v) is 5.88. The smallest absolute Gasteiger partial charge is 0.132 e. The molecule has 0 atom stereocenters. The van der Waals surface area contributed by atoms with Crippen LogP contribution in [-0.2, 0) is 9.59 Å². The zero-order chi connectivity index (χ0) is 11.5. The van der Waals surface area contributed by atoms with Crippen LogP contribution in [0.1, 0.15) is 64.7 Å². The molecule has 0 radical (unpaired) electrons. The van der Waals surface area contributed by atoms with Gasteiger partial charge in [-0.1, -0.05) is 26.2 Å². The summed E-state index contributed by atoms with van der Waals surface area (Å²) in [7, 11) is 0. The van der Waals surface area contributed by atoms with Gasteiger partial charge in [0.25, 0.3) is 0 Å². The molecular formula is C12H21O3-. The van der Waals surface area contributed by atoms with Gasteiger partial charge >= 0.3 is 0 Å². The fourth-order valence-electron chi connectivity index (χ4n) is 1.47. The van der Waals surface area contributed by atoms with E-state index in [1.807, 2.05) is 6.92 Å². The number of aliphatic carboxylic acids is 1. The van der Waals surface area contributed by atoms with E-state index in [9.17, 15) is 14.7 Å². The summed E-state index contributed by atoms with van der Waals surface area (Å²) in [5.41, 5.74) is 0. The van der Waals surface area contributed by atoms with Crippen LogP contribution in [0.4, 0.5) is 0 Å². The van der Waals surface area contributed by atoms with Gasteiger partial charge in [-0.2, -0.15) is 0 Å². The standard InChI is InChI=1S/C6H12O2.C6H10O/c1-2-3-4-5-6(7)8;7-6-4-2-1-3-5-6/h2-5H2,1H3,(H,7,8);1-5H2/p-1. The molecule has 0 aromatic rings. The fraction of sp³-hybridized carbons (Fsp3) is 0.833. The van der Waals surface area contributed by atoms with Gasteiger partial charge in [-0.25, -0.2) is 0 Å². The molecule has 0 spiro atoms. The lowest BCUT2D eigenvalue weighted by atomic mass is 10.00. The minimum absolute atomic E-state index is 0.216. The fourth-order valence-corrected chi connectivity index (χ4v) is 1.47. The van der Waals surface area contributed by atoms with Crippen LogP contribution < -0.4 is 5.11 Å². The monoisotopic (exact) mass is 213 g/mol. The van der Waals surface area contributed by atoms with Crippen molar-refractivity contribution in [2.75, 3.05) is 0 Å². The zero-order valence-corrected chi connectivity index (χ0v) is 9.59. The number of ketones is 1. The third-order valence-electron chi connectivity index (χ3n) is 2.40. The van der Waals surface area contributed by atoms with Crippen LogP contribution in [0.5, 0.6) is 0 Å². The average molecular weight is 213 g/mol. The summed E-state index contributed by atoms with van der Waals surface area (Å²) >= 11 is 0. The second-order valence-corrected chi connectivity index (χ2v) is 3.93. The number of hydrogen-bond donors (Lipinski definition) is 0. The normalized spacial score (nSPS) is 15.4. The Morgan fingerprint density at radius 2 is 1.80 bits per heavy atom. The van der Waals surface area contributed by atoms with Crippen LogP contribution >= 0.6 is 0 Å². The Morgan fingerprint density at radius 1 is 1.20 bits per heavy atom. The first kappa shape index (κ1) is 14.1. The summed E-state index contributed by atoms with van der Waals surface area (Å²) in [5.74, 6) is -0.468. The zero-order valence-electron chi connectivity index (χ0n) is 9.59. The van der Waals surface area contributed by atoms with Gasteiger partial charge in [0.05, 0.1) is 0 Å². The van der Waals surface area contributed by atoms with Crippen molar-refractivity contribution in [1.29, 1.82) is 0 Å². The van der Waals surface area contributed by atoms with Crippen molar-refractivity contribution < 1.29 is 14.7 Å². The van der Waals surface area contributed by atoms with Crippen molar-refractivity contribution in [3.63, 3.8) is 0 Å². The van der Waals surface area contributed by atoms with Crippen LogP contribution in [0.3, 0.4) is 0 Å². The second-order valence-electron chi connectivity index (χ2n) is 3.93. The van der Waals surface area contributed by atoms with Gasteiger partial charge in [-0.05, 0) is 25.7 Å². The quantitative estimate of drug-likeness (QED) is 0.669. The molecule has 15 heavy (non-hydrogen) atoms. The highest BCUT2D eigenvalue weighted by Crippen LogP contribution is 2.12. The Bertz CT molecular complexity index is 179. The molecular weight excluding hydrogens is 192 g/mol. The highest BCUT2D eigenvalue weighted by atomic mass is 16.4. The number of carboxylic acids is 1. The summed E-state index contributed by atoms with van der Waals surface area (Å²) in [4.78, 5) is 20.2. The molecule has 1 fully saturated rings. The van der Waals surface area contributed by atoms with E-state index >= 15 is 0 Å². The Kier molecular flexibility index (Phi) is 9.13. The molecule has 88 valence electrons. The molecule has 0 heterocycles. The largest absolute Gasteiger partial charge is 0.550 e. The van der Waals surface area contributed by atoms with Gasteiger partial charge in [0, 0.05) is 18.8 Å². The van der Waals surface area contributed by atoms with Gasteiger partial charge in [0.2, 0.25) is 0 Å². The van der Waals surface area contributed by atoms with E-state index in [2.05, 4.69) is 0 Å². The van der Waals surface area contributed by atoms with Gasteiger partial charge in [-0.15, -0.1) is 0 Å². The van der Waals surface area contributed by atoms with Gasteiger partial charge in [0.1, 0.15) is 5.78 Å². The van der Waals surface area contributed by atoms with E-state index < -0.39 is 5.97 Å². The molecule has 0 aromatic carbocycles. The first-order chi connectivity index (χ1) is 7.16. The van der Waals surface area contributed by atoms with Crippen molar-refractivity contribution in [3.8, 4) is 0 Å². The first-order valence-electron chi connectivity index (χ1n) is 5.88. The Balaban J connectivity index is 0.000000262. The average Bonchev–Trinajstić information content (AvgIpc) is 2.20. The van der Waals surface area contributed by atoms with Gasteiger partial charge in [0.15, 0.2) is 0 Å². The molecule has 1 rings (SSSR count). The molecule has 3 nitrogen and oxygen atoms in total. The van der Waals surface area contributed by atoms with Crippen molar-refractivity contribution in [1.82, 2.24) is 0 Å². The Labute approximate surface area is 91.9 Å². The number of carboxylic acid groups (broad SMARTS) is 1. The van der Waals surface area contributed by atoms with E-state index in [1.165, 1.54) is 6.42 Å². The predicted molar refractivity (Wildman–Crippen MR) is 57.2 cm³/mol. The lowest BCUT2D eigenvalue weighted by molar-refractivity contribution is -0.305. The topological polar surface area (TPSA) is 57.2 Å². The lowest BCUT2D eigenvalue weighted by Crippen LogP contribution is -2.21. The van der Waals surface area contributed by atoms with Crippen LogP contribution in [0.15, 0.2) is 0 Å². The minimum Gasteiger partial charge on any atom is -0.550 e. The van der Waals surface area contributed by atoms with E-state index in [-0.39, 0.29) is 6.42 Å². The van der Waals surface area contributed by atoms with Crippen molar-refractivity contribution >= 4 is 11.8 Å². The highest BCUT2D eigenvalue weighted by molar-refractivity contribution is 5.78. The van der Waals surface area contributed by atoms with E-state index in [4.69, 9.17) is 0 Å². The van der Waals surface area contributed by atoms with E-state index in [1.54, 1.807) is 0 Å². The number of carbonyl (C=O) groups is 2. The summed E-state index contributed by atoms with van der Waals surface area (Å²) in [6.07, 6.45) is 8.28. The summed E-state index contributed by atoms with van der Waals surface area (Å²) in [6, 6.07) is 0. The number of rotatable bonds is 4. The number of hydrogen-bond acceptors (Lipinski definition) is 3. The number of Topliss-reactive ketones (excluding diaryl/α,β-unsaturated/α-hetero) is 1. The van der Waals surface area contributed by atoms with Gasteiger partial charge < -0.3 is 9.90 Å². The molecule has 1 aliphatic rings. The molecule has 0 bridgehead atoms. The molecule has 0 saturated heterocycles.